The maximum Gasteiger partial charge on any atom is 0.224 e. The summed E-state index contributed by atoms with van der Waals surface area (Å²) in [6, 6.07) is 7.26. The van der Waals surface area contributed by atoms with Crippen LogP contribution < -0.4 is 11.1 Å². The molecule has 0 atom stereocenters. The van der Waals surface area contributed by atoms with E-state index in [0.29, 0.717) is 12.1 Å². The lowest BCUT2D eigenvalue weighted by Crippen LogP contribution is -2.33. The Morgan fingerprint density at radius 3 is 2.60 bits per heavy atom. The largest absolute Gasteiger partial charge is 0.399 e. The van der Waals surface area contributed by atoms with Gasteiger partial charge in [0.2, 0.25) is 5.91 Å². The summed E-state index contributed by atoms with van der Waals surface area (Å²) in [6.45, 7) is 5.71. The number of amides is 1. The van der Waals surface area contributed by atoms with Gasteiger partial charge in [0.05, 0.1) is 0 Å². The van der Waals surface area contributed by atoms with E-state index < -0.39 is 0 Å². The minimum atomic E-state index is 0.0835. The highest BCUT2D eigenvalue weighted by molar-refractivity contribution is 5.90. The van der Waals surface area contributed by atoms with Crippen LogP contribution in [-0.4, -0.2) is 30.4 Å². The van der Waals surface area contributed by atoms with Crippen LogP contribution >= 0.6 is 0 Å². The van der Waals surface area contributed by atoms with Gasteiger partial charge in [-0.3, -0.25) is 4.79 Å². The number of carbonyl (C=O) groups excluding carboxylic acids is 1. The van der Waals surface area contributed by atoms with E-state index in [1.54, 1.807) is 12.1 Å². The molecule has 4 nitrogen and oxygen atoms in total. The molecule has 1 aliphatic heterocycles. The highest BCUT2D eigenvalue weighted by Crippen LogP contribution is 2.16. The first-order valence-electron chi connectivity index (χ1n) is 7.51. The molecule has 3 N–H and O–H groups in total. The van der Waals surface area contributed by atoms with Crippen LogP contribution in [0.4, 0.5) is 11.4 Å². The molecule has 0 aromatic heterocycles. The molecule has 20 heavy (non-hydrogen) atoms. The standard InChI is InChI=1S/C16H25N3O/c1-13-8-11-19(12-9-13)10-2-3-16(20)18-15-6-4-14(17)5-7-15/h4-7,13H,2-3,8-12,17H2,1H3,(H,18,20). The molecule has 1 aliphatic rings. The molecule has 1 amide bonds. The molecular formula is C16H25N3O. The lowest BCUT2D eigenvalue weighted by Gasteiger charge is -2.29. The summed E-state index contributed by atoms with van der Waals surface area (Å²) < 4.78 is 0. The Hall–Kier alpha value is -1.55. The predicted molar refractivity (Wildman–Crippen MR) is 83.6 cm³/mol. The van der Waals surface area contributed by atoms with Gasteiger partial charge in [0.25, 0.3) is 0 Å². The van der Waals surface area contributed by atoms with Gasteiger partial charge in [-0.1, -0.05) is 6.92 Å². The Morgan fingerprint density at radius 2 is 1.95 bits per heavy atom. The molecule has 0 saturated carbocycles. The molecule has 1 saturated heterocycles. The van der Waals surface area contributed by atoms with Gasteiger partial charge in [-0.15, -0.1) is 0 Å². The van der Waals surface area contributed by atoms with E-state index >= 15 is 0 Å². The summed E-state index contributed by atoms with van der Waals surface area (Å²) >= 11 is 0. The fraction of sp³-hybridized carbons (Fsp3) is 0.562. The van der Waals surface area contributed by atoms with Crippen molar-refractivity contribution in [3.63, 3.8) is 0 Å². The summed E-state index contributed by atoms with van der Waals surface area (Å²) in [7, 11) is 0. The van der Waals surface area contributed by atoms with Crippen molar-refractivity contribution in [3.8, 4) is 0 Å². The number of nitrogen functional groups attached to an aromatic ring is 1. The number of rotatable bonds is 5. The molecule has 0 bridgehead atoms. The van der Waals surface area contributed by atoms with Gasteiger partial charge >= 0.3 is 0 Å². The van der Waals surface area contributed by atoms with E-state index in [0.717, 1.165) is 24.6 Å². The Balaban J connectivity index is 1.64. The van der Waals surface area contributed by atoms with Crippen molar-refractivity contribution in [1.29, 1.82) is 0 Å². The van der Waals surface area contributed by atoms with Crippen LogP contribution in [0.5, 0.6) is 0 Å². The summed E-state index contributed by atoms with van der Waals surface area (Å²) in [5, 5.41) is 2.90. The van der Waals surface area contributed by atoms with Crippen molar-refractivity contribution < 1.29 is 4.79 Å². The zero-order valence-electron chi connectivity index (χ0n) is 12.3. The number of carbonyl (C=O) groups is 1. The van der Waals surface area contributed by atoms with Crippen molar-refractivity contribution in [2.24, 2.45) is 5.92 Å². The third-order valence-electron chi connectivity index (χ3n) is 3.95. The molecule has 110 valence electrons. The van der Waals surface area contributed by atoms with Crippen molar-refractivity contribution >= 4 is 17.3 Å². The number of anilines is 2. The van der Waals surface area contributed by atoms with Crippen LogP contribution in [0.1, 0.15) is 32.6 Å². The molecule has 0 unspecified atom stereocenters. The molecule has 1 aromatic carbocycles. The van der Waals surface area contributed by atoms with Crippen LogP contribution in [0.3, 0.4) is 0 Å². The molecule has 2 rings (SSSR count). The summed E-state index contributed by atoms with van der Waals surface area (Å²) in [5.74, 6) is 0.945. The van der Waals surface area contributed by atoms with Crippen molar-refractivity contribution in [3.05, 3.63) is 24.3 Å². The van der Waals surface area contributed by atoms with Gasteiger partial charge in [-0.2, -0.15) is 0 Å². The molecule has 0 radical (unpaired) electrons. The van der Waals surface area contributed by atoms with Crippen LogP contribution in [0.15, 0.2) is 24.3 Å². The first kappa shape index (κ1) is 14.9. The maximum atomic E-state index is 11.8. The number of likely N-dealkylation sites (tertiary alicyclic amines) is 1. The van der Waals surface area contributed by atoms with Crippen molar-refractivity contribution in [2.45, 2.75) is 32.6 Å². The summed E-state index contributed by atoms with van der Waals surface area (Å²) in [4.78, 5) is 14.3. The molecule has 0 aliphatic carbocycles. The maximum absolute atomic E-state index is 11.8. The molecule has 1 heterocycles. The van der Waals surface area contributed by atoms with Gasteiger partial charge in [0.1, 0.15) is 0 Å². The van der Waals surface area contributed by atoms with Gasteiger partial charge in [-0.25, -0.2) is 0 Å². The zero-order chi connectivity index (χ0) is 14.4. The highest BCUT2D eigenvalue weighted by Gasteiger charge is 2.15. The second-order valence-corrected chi connectivity index (χ2v) is 5.80. The lowest BCUT2D eigenvalue weighted by molar-refractivity contribution is -0.116. The van der Waals surface area contributed by atoms with Crippen LogP contribution in [0, 0.1) is 5.92 Å². The van der Waals surface area contributed by atoms with Crippen LogP contribution in [0.25, 0.3) is 0 Å². The van der Waals surface area contributed by atoms with E-state index in [-0.39, 0.29) is 5.91 Å². The number of piperidine rings is 1. The number of hydrogen-bond donors (Lipinski definition) is 2. The van der Waals surface area contributed by atoms with E-state index in [9.17, 15) is 4.79 Å². The predicted octanol–water partition coefficient (Wildman–Crippen LogP) is 2.72. The number of nitrogens with one attached hydrogen (secondary N) is 1. The van der Waals surface area contributed by atoms with Gasteiger partial charge in [0.15, 0.2) is 0 Å². The number of hydrogen-bond acceptors (Lipinski definition) is 3. The second kappa shape index (κ2) is 7.29. The second-order valence-electron chi connectivity index (χ2n) is 5.80. The van der Waals surface area contributed by atoms with Crippen molar-refractivity contribution in [1.82, 2.24) is 4.90 Å². The van der Waals surface area contributed by atoms with E-state index in [2.05, 4.69) is 17.1 Å². The minimum absolute atomic E-state index is 0.0835. The van der Waals surface area contributed by atoms with E-state index in [1.807, 2.05) is 12.1 Å². The zero-order valence-corrected chi connectivity index (χ0v) is 12.3. The average molecular weight is 275 g/mol. The third-order valence-corrected chi connectivity index (χ3v) is 3.95. The van der Waals surface area contributed by atoms with Crippen LogP contribution in [-0.2, 0) is 4.79 Å². The van der Waals surface area contributed by atoms with E-state index in [4.69, 9.17) is 5.73 Å². The third kappa shape index (κ3) is 4.85. The van der Waals surface area contributed by atoms with Crippen molar-refractivity contribution in [2.75, 3.05) is 30.7 Å². The molecule has 0 spiro atoms. The topological polar surface area (TPSA) is 58.4 Å². The average Bonchev–Trinajstić information content (AvgIpc) is 2.44. The fourth-order valence-corrected chi connectivity index (χ4v) is 2.54. The number of nitrogens with zero attached hydrogens (tertiary/aromatic N) is 1. The summed E-state index contributed by atoms with van der Waals surface area (Å²) in [6.07, 6.45) is 4.08. The fourth-order valence-electron chi connectivity index (χ4n) is 2.54. The summed E-state index contributed by atoms with van der Waals surface area (Å²) in [5.41, 5.74) is 7.14. The Kier molecular flexibility index (Phi) is 5.41. The SMILES string of the molecule is CC1CCN(CCCC(=O)Nc2ccc(N)cc2)CC1. The quantitative estimate of drug-likeness (QED) is 0.812. The van der Waals surface area contributed by atoms with E-state index in [1.165, 1.54) is 25.9 Å². The molecule has 1 aromatic rings. The van der Waals surface area contributed by atoms with Gasteiger partial charge in [0, 0.05) is 17.8 Å². The number of benzene rings is 1. The Labute approximate surface area is 121 Å². The van der Waals surface area contributed by atoms with Gasteiger partial charge in [-0.05, 0) is 69.1 Å². The first-order chi connectivity index (χ1) is 9.63. The molecule has 4 heteroatoms. The Bertz CT molecular complexity index is 422. The highest BCUT2D eigenvalue weighted by atomic mass is 16.1. The Morgan fingerprint density at radius 1 is 1.30 bits per heavy atom. The monoisotopic (exact) mass is 275 g/mol. The first-order valence-corrected chi connectivity index (χ1v) is 7.51. The van der Waals surface area contributed by atoms with Gasteiger partial charge < -0.3 is 16.0 Å². The minimum Gasteiger partial charge on any atom is -0.399 e. The molecule has 1 fully saturated rings. The van der Waals surface area contributed by atoms with Crippen LogP contribution in [0.2, 0.25) is 0 Å². The molecular weight excluding hydrogens is 250 g/mol. The smallest absolute Gasteiger partial charge is 0.224 e. The normalized spacial score (nSPS) is 17.1. The lowest BCUT2D eigenvalue weighted by atomic mass is 9.99. The number of nitrogens with two attached hydrogens (primary N) is 1.